The molecule has 110 valence electrons. The molecule has 1 fully saturated rings. The molecule has 0 radical (unpaired) electrons. The molecule has 19 heavy (non-hydrogen) atoms. The summed E-state index contributed by atoms with van der Waals surface area (Å²) in [4.78, 5) is 25.3. The Labute approximate surface area is 115 Å². The molecular formula is C14H26N2O3. The van der Waals surface area contributed by atoms with Gasteiger partial charge in [0, 0.05) is 13.1 Å². The number of nitrogens with zero attached hydrogens (tertiary/aromatic N) is 1. The van der Waals surface area contributed by atoms with Gasteiger partial charge in [0.05, 0.1) is 0 Å². The van der Waals surface area contributed by atoms with Crippen LogP contribution in [0.25, 0.3) is 0 Å². The molecular weight excluding hydrogens is 244 g/mol. The van der Waals surface area contributed by atoms with Gasteiger partial charge in [0.2, 0.25) is 5.91 Å². The fourth-order valence-corrected chi connectivity index (χ4v) is 2.09. The van der Waals surface area contributed by atoms with E-state index >= 15 is 0 Å². The van der Waals surface area contributed by atoms with Crippen LogP contribution < -0.4 is 5.32 Å². The molecule has 0 aromatic rings. The number of hydrogen-bond acceptors (Lipinski definition) is 3. The van der Waals surface area contributed by atoms with Gasteiger partial charge in [-0.15, -0.1) is 0 Å². The lowest BCUT2D eigenvalue weighted by molar-refractivity contribution is -0.130. The summed E-state index contributed by atoms with van der Waals surface area (Å²) >= 11 is 0. The molecule has 0 aromatic heterocycles. The smallest absolute Gasteiger partial charge is 0.408 e. The van der Waals surface area contributed by atoms with Crippen molar-refractivity contribution in [3.8, 4) is 0 Å². The standard InChI is InChI=1S/C14H26N2O3/c1-11-6-5-8-16(9-7-11)12(17)10-15-13(18)19-14(2,3)4/h11H,5-10H2,1-4H3,(H,15,18)/t11-/m1/s1. The van der Waals surface area contributed by atoms with Crippen molar-refractivity contribution in [2.24, 2.45) is 5.92 Å². The Hall–Kier alpha value is -1.26. The van der Waals surface area contributed by atoms with Crippen molar-refractivity contribution in [3.05, 3.63) is 0 Å². The zero-order valence-electron chi connectivity index (χ0n) is 12.5. The highest BCUT2D eigenvalue weighted by atomic mass is 16.6. The maximum Gasteiger partial charge on any atom is 0.408 e. The Balaban J connectivity index is 2.32. The molecule has 1 aliphatic rings. The van der Waals surface area contributed by atoms with Gasteiger partial charge in [-0.05, 0) is 46.0 Å². The van der Waals surface area contributed by atoms with E-state index in [2.05, 4.69) is 12.2 Å². The highest BCUT2D eigenvalue weighted by molar-refractivity contribution is 5.82. The molecule has 0 saturated carbocycles. The zero-order chi connectivity index (χ0) is 14.5. The molecule has 1 N–H and O–H groups in total. The summed E-state index contributed by atoms with van der Waals surface area (Å²) < 4.78 is 5.10. The molecule has 5 heteroatoms. The second-order valence-electron chi connectivity index (χ2n) is 6.27. The first-order valence-electron chi connectivity index (χ1n) is 7.02. The third kappa shape index (κ3) is 6.45. The Morgan fingerprint density at radius 2 is 1.95 bits per heavy atom. The first-order chi connectivity index (χ1) is 8.78. The van der Waals surface area contributed by atoms with E-state index in [1.165, 1.54) is 6.42 Å². The molecule has 5 nitrogen and oxygen atoms in total. The third-order valence-electron chi connectivity index (χ3n) is 3.15. The average molecular weight is 270 g/mol. The third-order valence-corrected chi connectivity index (χ3v) is 3.15. The van der Waals surface area contributed by atoms with Crippen LogP contribution >= 0.6 is 0 Å². The maximum atomic E-state index is 12.0. The number of nitrogens with one attached hydrogen (secondary N) is 1. The molecule has 0 spiro atoms. The van der Waals surface area contributed by atoms with Gasteiger partial charge in [-0.1, -0.05) is 6.92 Å². The fraction of sp³-hybridized carbons (Fsp3) is 0.857. The minimum absolute atomic E-state index is 0.0172. The van der Waals surface area contributed by atoms with E-state index < -0.39 is 11.7 Å². The van der Waals surface area contributed by atoms with Crippen molar-refractivity contribution in [1.29, 1.82) is 0 Å². The van der Waals surface area contributed by atoms with Crippen LogP contribution in [0.2, 0.25) is 0 Å². The molecule has 0 aliphatic carbocycles. The number of amides is 2. The van der Waals surface area contributed by atoms with E-state index in [-0.39, 0.29) is 12.5 Å². The van der Waals surface area contributed by atoms with Gasteiger partial charge in [0.25, 0.3) is 0 Å². The van der Waals surface area contributed by atoms with E-state index in [1.54, 1.807) is 20.8 Å². The van der Waals surface area contributed by atoms with Crippen LogP contribution in [-0.2, 0) is 9.53 Å². The van der Waals surface area contributed by atoms with Crippen molar-refractivity contribution in [2.45, 2.75) is 52.6 Å². The topological polar surface area (TPSA) is 58.6 Å². The molecule has 1 heterocycles. The number of carbonyl (C=O) groups excluding carboxylic acids is 2. The van der Waals surface area contributed by atoms with Crippen molar-refractivity contribution < 1.29 is 14.3 Å². The number of carbonyl (C=O) groups is 2. The van der Waals surface area contributed by atoms with Gasteiger partial charge in [0.15, 0.2) is 0 Å². The zero-order valence-corrected chi connectivity index (χ0v) is 12.5. The van der Waals surface area contributed by atoms with E-state index in [0.717, 1.165) is 25.9 Å². The molecule has 0 unspecified atom stereocenters. The summed E-state index contributed by atoms with van der Waals surface area (Å²) in [5, 5.41) is 2.52. The van der Waals surface area contributed by atoms with Crippen molar-refractivity contribution in [1.82, 2.24) is 10.2 Å². The SMILES string of the molecule is C[C@@H]1CCCN(C(=O)CNC(=O)OC(C)(C)C)CC1. The largest absolute Gasteiger partial charge is 0.444 e. The van der Waals surface area contributed by atoms with Crippen LogP contribution in [0.5, 0.6) is 0 Å². The van der Waals surface area contributed by atoms with Crippen LogP contribution in [0.1, 0.15) is 47.0 Å². The van der Waals surface area contributed by atoms with Gasteiger partial charge in [0.1, 0.15) is 12.1 Å². The summed E-state index contributed by atoms with van der Waals surface area (Å²) in [5.41, 5.74) is -0.537. The Morgan fingerprint density at radius 1 is 1.26 bits per heavy atom. The highest BCUT2D eigenvalue weighted by Crippen LogP contribution is 2.16. The number of alkyl carbamates (subject to hydrolysis) is 1. The van der Waals surface area contributed by atoms with Crippen LogP contribution in [-0.4, -0.2) is 42.1 Å². The Morgan fingerprint density at radius 3 is 2.58 bits per heavy atom. The van der Waals surface area contributed by atoms with Gasteiger partial charge in [-0.25, -0.2) is 4.79 Å². The van der Waals surface area contributed by atoms with Crippen molar-refractivity contribution in [3.63, 3.8) is 0 Å². The van der Waals surface area contributed by atoms with Crippen LogP contribution in [0.15, 0.2) is 0 Å². The van der Waals surface area contributed by atoms with Crippen molar-refractivity contribution >= 4 is 12.0 Å². The lowest BCUT2D eigenvalue weighted by atomic mass is 10.0. The van der Waals surface area contributed by atoms with Crippen LogP contribution in [0.3, 0.4) is 0 Å². The highest BCUT2D eigenvalue weighted by Gasteiger charge is 2.20. The van der Waals surface area contributed by atoms with Gasteiger partial charge < -0.3 is 15.0 Å². The summed E-state index contributed by atoms with van der Waals surface area (Å²) in [6.07, 6.45) is 2.71. The molecule has 1 rings (SSSR count). The molecule has 1 aliphatic heterocycles. The lowest BCUT2D eigenvalue weighted by Gasteiger charge is -2.22. The van der Waals surface area contributed by atoms with Gasteiger partial charge in [-0.3, -0.25) is 4.79 Å². The van der Waals surface area contributed by atoms with Crippen molar-refractivity contribution in [2.75, 3.05) is 19.6 Å². The second kappa shape index (κ2) is 6.78. The van der Waals surface area contributed by atoms with E-state index in [1.807, 2.05) is 4.90 Å². The number of hydrogen-bond donors (Lipinski definition) is 1. The first kappa shape index (κ1) is 15.8. The monoisotopic (exact) mass is 270 g/mol. The predicted octanol–water partition coefficient (Wildman–Crippen LogP) is 2.16. The first-order valence-corrected chi connectivity index (χ1v) is 7.02. The molecule has 1 atom stereocenters. The Kier molecular flexibility index (Phi) is 5.63. The summed E-state index contributed by atoms with van der Waals surface area (Å²) in [6.45, 7) is 9.20. The average Bonchev–Trinajstić information content (AvgIpc) is 2.48. The maximum absolute atomic E-state index is 12.0. The van der Waals surface area contributed by atoms with Gasteiger partial charge in [-0.2, -0.15) is 0 Å². The van der Waals surface area contributed by atoms with Crippen LogP contribution in [0, 0.1) is 5.92 Å². The lowest BCUT2D eigenvalue weighted by Crippen LogP contribution is -2.42. The minimum atomic E-state index is -0.538. The van der Waals surface area contributed by atoms with E-state index in [4.69, 9.17) is 4.74 Å². The Bertz CT molecular complexity index is 323. The quantitative estimate of drug-likeness (QED) is 0.836. The van der Waals surface area contributed by atoms with E-state index in [9.17, 15) is 9.59 Å². The van der Waals surface area contributed by atoms with Crippen LogP contribution in [0.4, 0.5) is 4.79 Å². The molecule has 1 saturated heterocycles. The minimum Gasteiger partial charge on any atom is -0.444 e. The summed E-state index contributed by atoms with van der Waals surface area (Å²) in [7, 11) is 0. The van der Waals surface area contributed by atoms with Gasteiger partial charge >= 0.3 is 6.09 Å². The van der Waals surface area contributed by atoms with E-state index in [0.29, 0.717) is 5.92 Å². The summed E-state index contributed by atoms with van der Waals surface area (Å²) in [6, 6.07) is 0. The summed E-state index contributed by atoms with van der Waals surface area (Å²) in [5.74, 6) is 0.650. The number of likely N-dealkylation sites (tertiary alicyclic amines) is 1. The fourth-order valence-electron chi connectivity index (χ4n) is 2.09. The molecule has 2 amide bonds. The molecule has 0 aromatic carbocycles. The predicted molar refractivity (Wildman–Crippen MR) is 73.8 cm³/mol. The number of rotatable bonds is 2. The second-order valence-corrected chi connectivity index (χ2v) is 6.27. The normalized spacial score (nSPS) is 20.6. The molecule has 0 bridgehead atoms. The number of ether oxygens (including phenoxy) is 1.